The van der Waals surface area contributed by atoms with Gasteiger partial charge in [0.25, 0.3) is 0 Å². The summed E-state index contributed by atoms with van der Waals surface area (Å²) in [6.45, 7) is 0. The minimum Gasteiger partial charge on any atom is -0.356 e. The number of rotatable bonds is 0. The Kier molecular flexibility index (Phi) is 1.87. The van der Waals surface area contributed by atoms with Crippen molar-refractivity contribution in [2.24, 2.45) is 0 Å². The highest BCUT2D eigenvalue weighted by atomic mass is 19.1. The molecule has 0 amide bonds. The van der Waals surface area contributed by atoms with Crippen molar-refractivity contribution in [3.8, 4) is 0 Å². The molecule has 2 nitrogen and oxygen atoms in total. The first kappa shape index (κ1) is 9.51. The second-order valence-electron chi connectivity index (χ2n) is 4.11. The SMILES string of the molecule is O=C1CCc2[nH]c3c(F)cc(F)cc3c2C1. The third-order valence-corrected chi connectivity index (χ3v) is 3.05. The molecule has 0 radical (unpaired) electrons. The number of hydrogen-bond acceptors (Lipinski definition) is 1. The first-order valence-corrected chi connectivity index (χ1v) is 5.15. The highest BCUT2D eigenvalue weighted by Crippen LogP contribution is 2.29. The quantitative estimate of drug-likeness (QED) is 0.728. The number of fused-ring (bicyclic) bond motifs is 3. The summed E-state index contributed by atoms with van der Waals surface area (Å²) in [5, 5.41) is 0.501. The number of aromatic nitrogens is 1. The topological polar surface area (TPSA) is 32.9 Å². The molecule has 3 rings (SSSR count). The monoisotopic (exact) mass is 221 g/mol. The lowest BCUT2D eigenvalue weighted by Gasteiger charge is -2.09. The molecule has 1 aromatic heterocycles. The van der Waals surface area contributed by atoms with Crippen molar-refractivity contribution in [2.75, 3.05) is 0 Å². The highest BCUT2D eigenvalue weighted by Gasteiger charge is 2.22. The van der Waals surface area contributed by atoms with Crippen LogP contribution in [0.4, 0.5) is 8.78 Å². The van der Waals surface area contributed by atoms with Gasteiger partial charge in [-0.2, -0.15) is 0 Å². The standard InChI is InChI=1S/C12H9F2NO/c13-6-3-9-8-5-7(16)1-2-11(8)15-12(9)10(14)4-6/h3-4,15H,1-2,5H2. The molecule has 0 atom stereocenters. The van der Waals surface area contributed by atoms with Crippen LogP contribution in [0, 0.1) is 11.6 Å². The van der Waals surface area contributed by atoms with Crippen LogP contribution in [-0.4, -0.2) is 10.8 Å². The van der Waals surface area contributed by atoms with Gasteiger partial charge in [0.15, 0.2) is 0 Å². The molecule has 1 heterocycles. The van der Waals surface area contributed by atoms with Gasteiger partial charge < -0.3 is 4.98 Å². The molecule has 1 aliphatic rings. The second kappa shape index (κ2) is 3.14. The summed E-state index contributed by atoms with van der Waals surface area (Å²) in [5.41, 5.74) is 1.92. The molecule has 1 aliphatic carbocycles. The Hall–Kier alpha value is -1.71. The van der Waals surface area contributed by atoms with Gasteiger partial charge in [-0.05, 0) is 18.1 Å². The van der Waals surface area contributed by atoms with Crippen LogP contribution in [-0.2, 0) is 17.6 Å². The normalized spacial score (nSPS) is 15.5. The van der Waals surface area contributed by atoms with Crippen molar-refractivity contribution in [1.82, 2.24) is 4.98 Å². The average Bonchev–Trinajstić information content (AvgIpc) is 2.57. The maximum Gasteiger partial charge on any atom is 0.150 e. The number of aryl methyl sites for hydroxylation is 1. The molecule has 16 heavy (non-hydrogen) atoms. The third kappa shape index (κ3) is 1.26. The second-order valence-corrected chi connectivity index (χ2v) is 4.11. The fourth-order valence-corrected chi connectivity index (χ4v) is 2.29. The predicted molar refractivity (Wildman–Crippen MR) is 55.2 cm³/mol. The summed E-state index contributed by atoms with van der Waals surface area (Å²) in [6.07, 6.45) is 1.34. The van der Waals surface area contributed by atoms with E-state index in [2.05, 4.69) is 4.98 Å². The van der Waals surface area contributed by atoms with E-state index in [4.69, 9.17) is 0 Å². The number of carbonyl (C=O) groups excluding carboxylic acids is 1. The largest absolute Gasteiger partial charge is 0.356 e. The first-order chi connectivity index (χ1) is 7.65. The summed E-state index contributed by atoms with van der Waals surface area (Å²) >= 11 is 0. The van der Waals surface area contributed by atoms with Crippen LogP contribution in [0.2, 0.25) is 0 Å². The number of aromatic amines is 1. The summed E-state index contributed by atoms with van der Waals surface area (Å²) in [6, 6.07) is 2.14. The van der Waals surface area contributed by atoms with Gasteiger partial charge >= 0.3 is 0 Å². The average molecular weight is 221 g/mol. The molecule has 82 valence electrons. The Morgan fingerprint density at radius 3 is 2.81 bits per heavy atom. The smallest absolute Gasteiger partial charge is 0.150 e. The molecule has 0 spiro atoms. The summed E-state index contributed by atoms with van der Waals surface area (Å²) in [5.74, 6) is -1.08. The van der Waals surface area contributed by atoms with Gasteiger partial charge in [-0.15, -0.1) is 0 Å². The maximum atomic E-state index is 13.5. The van der Waals surface area contributed by atoms with Crippen LogP contribution < -0.4 is 0 Å². The zero-order chi connectivity index (χ0) is 11.3. The minimum atomic E-state index is -0.607. The van der Waals surface area contributed by atoms with Crippen molar-refractivity contribution >= 4 is 16.7 Å². The molecule has 1 N–H and O–H groups in total. The zero-order valence-electron chi connectivity index (χ0n) is 8.44. The lowest BCUT2D eigenvalue weighted by molar-refractivity contribution is -0.118. The van der Waals surface area contributed by atoms with Crippen molar-refractivity contribution < 1.29 is 13.6 Å². The van der Waals surface area contributed by atoms with Crippen molar-refractivity contribution in [3.05, 3.63) is 35.0 Å². The van der Waals surface area contributed by atoms with E-state index in [1.54, 1.807) is 0 Å². The van der Waals surface area contributed by atoms with Gasteiger partial charge in [0, 0.05) is 30.0 Å². The summed E-state index contributed by atoms with van der Waals surface area (Å²) < 4.78 is 26.6. The number of nitrogens with one attached hydrogen (secondary N) is 1. The molecule has 0 saturated heterocycles. The van der Waals surface area contributed by atoms with Gasteiger partial charge in [-0.3, -0.25) is 4.79 Å². The van der Waals surface area contributed by atoms with E-state index in [1.165, 1.54) is 6.07 Å². The highest BCUT2D eigenvalue weighted by molar-refractivity contribution is 5.93. The van der Waals surface area contributed by atoms with E-state index in [0.717, 1.165) is 17.3 Å². The fourth-order valence-electron chi connectivity index (χ4n) is 2.29. The van der Waals surface area contributed by atoms with Crippen LogP contribution in [0.3, 0.4) is 0 Å². The molecular formula is C12H9F2NO. The number of carbonyl (C=O) groups is 1. The maximum absolute atomic E-state index is 13.5. The van der Waals surface area contributed by atoms with E-state index >= 15 is 0 Å². The van der Waals surface area contributed by atoms with Crippen LogP contribution in [0.25, 0.3) is 10.9 Å². The lowest BCUT2D eigenvalue weighted by Crippen LogP contribution is -2.12. The Bertz CT molecular complexity index is 601. The first-order valence-electron chi connectivity index (χ1n) is 5.15. The van der Waals surface area contributed by atoms with Gasteiger partial charge in [0.05, 0.1) is 5.52 Å². The Morgan fingerprint density at radius 2 is 2.00 bits per heavy atom. The van der Waals surface area contributed by atoms with Crippen molar-refractivity contribution in [3.63, 3.8) is 0 Å². The van der Waals surface area contributed by atoms with E-state index in [9.17, 15) is 13.6 Å². The van der Waals surface area contributed by atoms with Crippen LogP contribution in [0.15, 0.2) is 12.1 Å². The predicted octanol–water partition coefficient (Wildman–Crippen LogP) is 2.50. The number of Topliss-reactive ketones (excluding diaryl/α,β-unsaturated/α-hetero) is 1. The van der Waals surface area contributed by atoms with Crippen molar-refractivity contribution in [2.45, 2.75) is 19.3 Å². The molecular weight excluding hydrogens is 212 g/mol. The molecule has 0 saturated carbocycles. The molecule has 1 aromatic carbocycles. The number of hydrogen-bond donors (Lipinski definition) is 1. The molecule has 0 aliphatic heterocycles. The Labute approximate surface area is 90.3 Å². The van der Waals surface area contributed by atoms with E-state index < -0.39 is 11.6 Å². The van der Waals surface area contributed by atoms with E-state index in [-0.39, 0.29) is 12.2 Å². The van der Waals surface area contributed by atoms with E-state index in [1.807, 2.05) is 0 Å². The molecule has 4 heteroatoms. The van der Waals surface area contributed by atoms with Gasteiger partial charge in [0.1, 0.15) is 17.4 Å². The number of benzene rings is 1. The Morgan fingerprint density at radius 1 is 1.19 bits per heavy atom. The van der Waals surface area contributed by atoms with E-state index in [0.29, 0.717) is 23.7 Å². The minimum absolute atomic E-state index is 0.123. The Balaban J connectivity index is 2.34. The number of halogens is 2. The van der Waals surface area contributed by atoms with Crippen molar-refractivity contribution in [1.29, 1.82) is 0 Å². The molecule has 0 bridgehead atoms. The zero-order valence-corrected chi connectivity index (χ0v) is 8.44. The van der Waals surface area contributed by atoms with Crippen LogP contribution >= 0.6 is 0 Å². The van der Waals surface area contributed by atoms with Gasteiger partial charge in [-0.25, -0.2) is 8.78 Å². The number of H-pyrrole nitrogens is 1. The van der Waals surface area contributed by atoms with Crippen LogP contribution in [0.5, 0.6) is 0 Å². The van der Waals surface area contributed by atoms with Crippen LogP contribution in [0.1, 0.15) is 17.7 Å². The number of ketones is 1. The van der Waals surface area contributed by atoms with Gasteiger partial charge in [-0.1, -0.05) is 0 Å². The molecule has 2 aromatic rings. The summed E-state index contributed by atoms with van der Waals surface area (Å²) in [7, 11) is 0. The fraction of sp³-hybridized carbons (Fsp3) is 0.250. The lowest BCUT2D eigenvalue weighted by atomic mass is 9.94. The van der Waals surface area contributed by atoms with Gasteiger partial charge in [0.2, 0.25) is 0 Å². The third-order valence-electron chi connectivity index (χ3n) is 3.05. The molecule has 0 fully saturated rings. The summed E-state index contributed by atoms with van der Waals surface area (Å²) in [4.78, 5) is 14.3. The molecule has 0 unspecified atom stereocenters.